The predicted molar refractivity (Wildman–Crippen MR) is 160 cm³/mol. The number of anilines is 1. The molecule has 2 N–H and O–H groups in total. The first-order valence-electron chi connectivity index (χ1n) is 14.4. The summed E-state index contributed by atoms with van der Waals surface area (Å²) in [6.45, 7) is 6.63. The number of aromatic nitrogens is 2. The van der Waals surface area contributed by atoms with E-state index in [1.165, 1.54) is 6.07 Å². The van der Waals surface area contributed by atoms with Crippen molar-refractivity contribution in [1.29, 1.82) is 5.26 Å². The Balaban J connectivity index is 1.51. The van der Waals surface area contributed by atoms with E-state index in [0.29, 0.717) is 51.1 Å². The Morgan fingerprint density at radius 1 is 1.07 bits per heavy atom. The van der Waals surface area contributed by atoms with E-state index < -0.39 is 28.8 Å². The molecule has 1 aliphatic heterocycles. The van der Waals surface area contributed by atoms with Crippen molar-refractivity contribution in [3.63, 3.8) is 0 Å². The van der Waals surface area contributed by atoms with E-state index in [1.54, 1.807) is 27.0 Å². The maximum absolute atomic E-state index is 13.8. The van der Waals surface area contributed by atoms with Gasteiger partial charge in [0.1, 0.15) is 11.7 Å². The van der Waals surface area contributed by atoms with Crippen molar-refractivity contribution >= 4 is 17.7 Å². The van der Waals surface area contributed by atoms with E-state index in [1.807, 2.05) is 53.0 Å². The van der Waals surface area contributed by atoms with Crippen molar-refractivity contribution in [3.05, 3.63) is 71.5 Å². The van der Waals surface area contributed by atoms with E-state index in [0.717, 1.165) is 29.1 Å². The Labute approximate surface area is 255 Å². The standard InChI is InChI=1S/C32H37F3N6O3/c1-30(2,3)44-29(43)38-15-6-14-37-28(42)31(24-8-10-25(39-21-24)27-7-5-16-40(27)4)12-17-41(18-13-31)26-11-9-23(32(33,34)35)19-22(26)20-36/h5,7-11,16,19,21H,6,12-15,17-18H2,1-4H3,(H,37,42)(H,38,43). The number of amides is 2. The number of carbonyl (C=O) groups excluding carboxylic acids is 2. The summed E-state index contributed by atoms with van der Waals surface area (Å²) in [5.41, 5.74) is 0.300. The molecular formula is C32H37F3N6O3. The molecule has 9 nitrogen and oxygen atoms in total. The molecule has 4 rings (SSSR count). The molecule has 44 heavy (non-hydrogen) atoms. The van der Waals surface area contributed by atoms with Crippen LogP contribution in [0.15, 0.2) is 54.9 Å². The van der Waals surface area contributed by atoms with Crippen LogP contribution in [-0.2, 0) is 28.2 Å². The lowest BCUT2D eigenvalue weighted by Gasteiger charge is -2.42. The molecule has 1 fully saturated rings. The summed E-state index contributed by atoms with van der Waals surface area (Å²) in [6, 6.07) is 12.7. The number of alkyl halides is 3. The van der Waals surface area contributed by atoms with Crippen LogP contribution in [-0.4, -0.2) is 53.3 Å². The lowest BCUT2D eigenvalue weighted by molar-refractivity contribution is -0.137. The average Bonchev–Trinajstić information content (AvgIpc) is 3.41. The molecule has 0 aliphatic carbocycles. The predicted octanol–water partition coefficient (Wildman–Crippen LogP) is 5.55. The second-order valence-corrected chi connectivity index (χ2v) is 11.9. The van der Waals surface area contributed by atoms with Crippen LogP contribution >= 0.6 is 0 Å². The third-order valence-corrected chi connectivity index (χ3v) is 7.67. The van der Waals surface area contributed by atoms with Gasteiger partial charge in [-0.15, -0.1) is 0 Å². The van der Waals surface area contributed by atoms with Gasteiger partial charge in [-0.1, -0.05) is 6.07 Å². The summed E-state index contributed by atoms with van der Waals surface area (Å²) in [5.74, 6) is -0.198. The highest BCUT2D eigenvalue weighted by Crippen LogP contribution is 2.39. The van der Waals surface area contributed by atoms with Gasteiger partial charge in [0.2, 0.25) is 5.91 Å². The van der Waals surface area contributed by atoms with Crippen LogP contribution in [0.4, 0.5) is 23.7 Å². The molecule has 0 unspecified atom stereocenters. The van der Waals surface area contributed by atoms with Gasteiger partial charge in [0.25, 0.3) is 0 Å². The highest BCUT2D eigenvalue weighted by atomic mass is 19.4. The Bertz CT molecular complexity index is 1510. The number of nitrogens with zero attached hydrogens (tertiary/aromatic N) is 4. The number of carbonyl (C=O) groups is 2. The van der Waals surface area contributed by atoms with Crippen molar-refractivity contribution < 1.29 is 27.5 Å². The second kappa shape index (κ2) is 13.0. The van der Waals surface area contributed by atoms with Gasteiger partial charge in [-0.2, -0.15) is 18.4 Å². The van der Waals surface area contributed by atoms with Gasteiger partial charge in [0, 0.05) is 45.6 Å². The fraction of sp³-hybridized carbons (Fsp3) is 0.438. The molecule has 0 saturated carbocycles. The molecule has 2 aromatic heterocycles. The number of hydrogen-bond donors (Lipinski definition) is 2. The minimum Gasteiger partial charge on any atom is -0.444 e. The minimum atomic E-state index is -4.56. The lowest BCUT2D eigenvalue weighted by Crippen LogP contribution is -2.52. The summed E-state index contributed by atoms with van der Waals surface area (Å²) in [7, 11) is 1.92. The summed E-state index contributed by atoms with van der Waals surface area (Å²) < 4.78 is 46.9. The molecule has 0 spiro atoms. The van der Waals surface area contributed by atoms with Crippen LogP contribution in [0.2, 0.25) is 0 Å². The largest absolute Gasteiger partial charge is 0.444 e. The summed E-state index contributed by atoms with van der Waals surface area (Å²) in [5, 5.41) is 15.3. The molecule has 1 aliphatic rings. The molecular weight excluding hydrogens is 573 g/mol. The number of aryl methyl sites for hydroxylation is 1. The molecule has 1 aromatic carbocycles. The summed E-state index contributed by atoms with van der Waals surface area (Å²) in [4.78, 5) is 32.3. The molecule has 1 saturated heterocycles. The zero-order valence-electron chi connectivity index (χ0n) is 25.3. The Morgan fingerprint density at radius 2 is 1.77 bits per heavy atom. The van der Waals surface area contributed by atoms with Crippen LogP contribution in [0.5, 0.6) is 0 Å². The van der Waals surface area contributed by atoms with Crippen molar-refractivity contribution in [3.8, 4) is 17.5 Å². The van der Waals surface area contributed by atoms with E-state index in [2.05, 4.69) is 15.6 Å². The van der Waals surface area contributed by atoms with Crippen molar-refractivity contribution in [1.82, 2.24) is 20.2 Å². The summed E-state index contributed by atoms with van der Waals surface area (Å²) >= 11 is 0. The number of rotatable bonds is 8. The SMILES string of the molecule is Cn1cccc1-c1ccc(C2(C(=O)NCCCNC(=O)OC(C)(C)C)CCN(c3ccc(C(F)(F)F)cc3C#N)CC2)cn1. The Hall–Kier alpha value is -4.53. The van der Waals surface area contributed by atoms with Gasteiger partial charge in [0.05, 0.1) is 33.6 Å². The fourth-order valence-electron chi connectivity index (χ4n) is 5.37. The topological polar surface area (TPSA) is 112 Å². The lowest BCUT2D eigenvalue weighted by atomic mass is 9.72. The minimum absolute atomic E-state index is 0.0668. The van der Waals surface area contributed by atoms with Gasteiger partial charge in [0.15, 0.2) is 0 Å². The van der Waals surface area contributed by atoms with Gasteiger partial charge in [-0.3, -0.25) is 9.78 Å². The van der Waals surface area contributed by atoms with Gasteiger partial charge in [-0.05, 0) is 82.0 Å². The third kappa shape index (κ3) is 7.51. The quantitative estimate of drug-likeness (QED) is 0.324. The number of piperidine rings is 1. The molecule has 3 aromatic rings. The van der Waals surface area contributed by atoms with Crippen LogP contribution in [0.1, 0.15) is 56.7 Å². The molecule has 3 heterocycles. The van der Waals surface area contributed by atoms with Crippen LogP contribution in [0, 0.1) is 11.3 Å². The zero-order valence-corrected chi connectivity index (χ0v) is 25.3. The van der Waals surface area contributed by atoms with Crippen LogP contribution in [0.25, 0.3) is 11.4 Å². The number of halogens is 3. The van der Waals surface area contributed by atoms with E-state index in [9.17, 15) is 28.0 Å². The highest BCUT2D eigenvalue weighted by molar-refractivity contribution is 5.88. The molecule has 12 heteroatoms. The number of alkyl carbamates (subject to hydrolysis) is 1. The van der Waals surface area contributed by atoms with Crippen LogP contribution in [0.3, 0.4) is 0 Å². The maximum Gasteiger partial charge on any atom is 0.416 e. The molecule has 0 radical (unpaired) electrons. The number of hydrogen-bond acceptors (Lipinski definition) is 6. The van der Waals surface area contributed by atoms with E-state index in [-0.39, 0.29) is 11.5 Å². The van der Waals surface area contributed by atoms with E-state index in [4.69, 9.17) is 4.74 Å². The maximum atomic E-state index is 13.8. The van der Waals surface area contributed by atoms with Gasteiger partial charge in [-0.25, -0.2) is 4.79 Å². The van der Waals surface area contributed by atoms with Crippen molar-refractivity contribution in [2.24, 2.45) is 7.05 Å². The first-order valence-corrected chi connectivity index (χ1v) is 14.4. The molecule has 234 valence electrons. The van der Waals surface area contributed by atoms with Gasteiger partial charge >= 0.3 is 12.3 Å². The first-order chi connectivity index (χ1) is 20.7. The molecule has 2 amide bonds. The number of ether oxygens (including phenoxy) is 1. The average molecular weight is 611 g/mol. The third-order valence-electron chi connectivity index (χ3n) is 7.67. The van der Waals surface area contributed by atoms with E-state index >= 15 is 0 Å². The number of nitrogens with one attached hydrogen (secondary N) is 2. The van der Waals surface area contributed by atoms with Gasteiger partial charge < -0.3 is 24.8 Å². The monoisotopic (exact) mass is 610 g/mol. The summed E-state index contributed by atoms with van der Waals surface area (Å²) in [6.07, 6.45) is -0.269. The number of benzene rings is 1. The van der Waals surface area contributed by atoms with Crippen LogP contribution < -0.4 is 15.5 Å². The molecule has 0 atom stereocenters. The first kappa shape index (κ1) is 32.4. The highest BCUT2D eigenvalue weighted by Gasteiger charge is 2.43. The Morgan fingerprint density at radius 3 is 2.34 bits per heavy atom. The number of nitriles is 1. The molecule has 0 bridgehead atoms. The second-order valence-electron chi connectivity index (χ2n) is 11.9. The zero-order chi connectivity index (χ0) is 32.1. The Kier molecular flexibility index (Phi) is 9.56. The van der Waals surface area contributed by atoms with Crippen molar-refractivity contribution in [2.45, 2.75) is 57.2 Å². The van der Waals surface area contributed by atoms with Crippen molar-refractivity contribution in [2.75, 3.05) is 31.1 Å². The normalized spacial score (nSPS) is 14.9. The number of pyridine rings is 1. The smallest absolute Gasteiger partial charge is 0.416 e. The fourth-order valence-corrected chi connectivity index (χ4v) is 5.37.